The van der Waals surface area contributed by atoms with E-state index in [9.17, 15) is 22.8 Å². The molecule has 1 aromatic carbocycles. The molecule has 1 fully saturated rings. The summed E-state index contributed by atoms with van der Waals surface area (Å²) >= 11 is 0. The number of ketones is 1. The molecule has 1 aliphatic rings. The van der Waals surface area contributed by atoms with Gasteiger partial charge in [0.1, 0.15) is 5.78 Å². The van der Waals surface area contributed by atoms with Crippen LogP contribution in [0.5, 0.6) is 0 Å². The number of benzene rings is 1. The molecule has 0 heterocycles. The van der Waals surface area contributed by atoms with E-state index in [1.165, 1.54) is 24.1 Å². The molecule has 0 aromatic heterocycles. The van der Waals surface area contributed by atoms with Crippen LogP contribution in [0.1, 0.15) is 36.8 Å². The largest absolute Gasteiger partial charge is 0.417 e. The molecule has 8 heteroatoms. The number of nitrogens with one attached hydrogen (secondary N) is 1. The lowest BCUT2D eigenvalue weighted by Gasteiger charge is -2.30. The van der Waals surface area contributed by atoms with Crippen LogP contribution in [-0.4, -0.2) is 29.8 Å². The van der Waals surface area contributed by atoms with Gasteiger partial charge in [0.25, 0.3) is 0 Å². The third-order valence-electron chi connectivity index (χ3n) is 4.02. The van der Waals surface area contributed by atoms with Crippen LogP contribution in [0.15, 0.2) is 18.2 Å². The first-order valence-corrected chi connectivity index (χ1v) is 7.39. The van der Waals surface area contributed by atoms with E-state index in [2.05, 4.69) is 5.32 Å². The normalized spacial score (nSPS) is 18.0. The molecule has 0 spiro atoms. The molecule has 1 aliphatic carbocycles. The smallest absolute Gasteiger partial charge is 0.324 e. The number of nitriles is 1. The number of urea groups is 1. The number of carbonyl (C=O) groups excluding carboxylic acids is 2. The Morgan fingerprint density at radius 1 is 1.42 bits per heavy atom. The summed E-state index contributed by atoms with van der Waals surface area (Å²) in [4.78, 5) is 25.0. The van der Waals surface area contributed by atoms with Crippen molar-refractivity contribution in [1.29, 1.82) is 5.26 Å². The van der Waals surface area contributed by atoms with E-state index in [4.69, 9.17) is 5.26 Å². The molecule has 1 saturated carbocycles. The summed E-state index contributed by atoms with van der Waals surface area (Å²) in [5.74, 6) is 0.0728. The molecule has 2 amide bonds. The van der Waals surface area contributed by atoms with E-state index in [-0.39, 0.29) is 23.9 Å². The molecule has 1 unspecified atom stereocenters. The van der Waals surface area contributed by atoms with Crippen molar-refractivity contribution in [3.8, 4) is 6.07 Å². The minimum absolute atomic E-state index is 0.0553. The number of hydrogen-bond donors (Lipinski definition) is 1. The third kappa shape index (κ3) is 4.04. The number of carbonyl (C=O) groups is 2. The van der Waals surface area contributed by atoms with Gasteiger partial charge in [-0.2, -0.15) is 18.4 Å². The number of halogens is 3. The quantitative estimate of drug-likeness (QED) is 0.895. The number of hydrogen-bond acceptors (Lipinski definition) is 3. The highest BCUT2D eigenvalue weighted by molar-refractivity contribution is 5.90. The van der Waals surface area contributed by atoms with E-state index >= 15 is 0 Å². The van der Waals surface area contributed by atoms with Crippen molar-refractivity contribution in [2.75, 3.05) is 12.4 Å². The van der Waals surface area contributed by atoms with Crippen LogP contribution in [0.4, 0.5) is 23.7 Å². The van der Waals surface area contributed by atoms with Crippen LogP contribution in [-0.2, 0) is 11.0 Å². The summed E-state index contributed by atoms with van der Waals surface area (Å²) in [7, 11) is 1.51. The van der Waals surface area contributed by atoms with Crippen molar-refractivity contribution in [3.63, 3.8) is 0 Å². The minimum atomic E-state index is -4.69. The van der Waals surface area contributed by atoms with Gasteiger partial charge < -0.3 is 10.2 Å². The van der Waals surface area contributed by atoms with E-state index in [1.54, 1.807) is 0 Å². The van der Waals surface area contributed by atoms with Gasteiger partial charge in [0.15, 0.2) is 0 Å². The summed E-state index contributed by atoms with van der Waals surface area (Å²) in [6.45, 7) is 0. The molecule has 1 aromatic rings. The monoisotopic (exact) mass is 339 g/mol. The number of anilines is 1. The van der Waals surface area contributed by atoms with E-state index in [0.29, 0.717) is 19.3 Å². The predicted molar refractivity (Wildman–Crippen MR) is 80.2 cm³/mol. The van der Waals surface area contributed by atoms with Crippen LogP contribution in [0, 0.1) is 11.3 Å². The highest BCUT2D eigenvalue weighted by Gasteiger charge is 2.34. The zero-order chi connectivity index (χ0) is 17.9. The zero-order valence-electron chi connectivity index (χ0n) is 13.0. The second-order valence-electron chi connectivity index (χ2n) is 5.70. The second kappa shape index (κ2) is 6.91. The lowest BCUT2D eigenvalue weighted by atomic mass is 9.93. The van der Waals surface area contributed by atoms with E-state index < -0.39 is 23.3 Å². The van der Waals surface area contributed by atoms with Gasteiger partial charge in [-0.1, -0.05) is 0 Å². The highest BCUT2D eigenvalue weighted by Crippen LogP contribution is 2.33. The number of alkyl halides is 3. The summed E-state index contributed by atoms with van der Waals surface area (Å²) in [6, 6.07) is 3.62. The summed E-state index contributed by atoms with van der Waals surface area (Å²) in [5, 5.41) is 11.1. The number of Topliss-reactive ketones (excluding diaryl/α,β-unsaturated/α-hetero) is 1. The zero-order valence-corrected chi connectivity index (χ0v) is 13.0. The van der Waals surface area contributed by atoms with E-state index in [0.717, 1.165) is 12.1 Å². The van der Waals surface area contributed by atoms with Gasteiger partial charge in [-0.15, -0.1) is 0 Å². The van der Waals surface area contributed by atoms with Crippen molar-refractivity contribution in [1.82, 2.24) is 4.90 Å². The molecule has 2 rings (SSSR count). The summed E-state index contributed by atoms with van der Waals surface area (Å²) in [6.07, 6.45) is -2.57. The molecule has 5 nitrogen and oxygen atoms in total. The first-order chi connectivity index (χ1) is 11.2. The Balaban J connectivity index is 2.14. The lowest BCUT2D eigenvalue weighted by molar-refractivity contribution is -0.137. The first-order valence-electron chi connectivity index (χ1n) is 7.39. The maximum absolute atomic E-state index is 12.9. The van der Waals surface area contributed by atoms with Gasteiger partial charge >= 0.3 is 12.2 Å². The van der Waals surface area contributed by atoms with Gasteiger partial charge in [0.2, 0.25) is 0 Å². The molecule has 0 saturated heterocycles. The van der Waals surface area contributed by atoms with Crippen molar-refractivity contribution < 1.29 is 22.8 Å². The van der Waals surface area contributed by atoms with Crippen molar-refractivity contribution in [3.05, 3.63) is 29.3 Å². The lowest BCUT2D eigenvalue weighted by Crippen LogP contribution is -2.42. The summed E-state index contributed by atoms with van der Waals surface area (Å²) in [5.41, 5.74) is -1.66. The number of nitrogens with zero attached hydrogens (tertiary/aromatic N) is 2. The minimum Gasteiger partial charge on any atom is -0.324 e. The molecule has 0 aliphatic heterocycles. The fourth-order valence-electron chi connectivity index (χ4n) is 2.66. The van der Waals surface area contributed by atoms with Crippen LogP contribution in [0.2, 0.25) is 0 Å². The molecule has 1 atom stereocenters. The second-order valence-corrected chi connectivity index (χ2v) is 5.70. The van der Waals surface area contributed by atoms with Gasteiger partial charge in [0, 0.05) is 31.6 Å². The Morgan fingerprint density at radius 2 is 2.12 bits per heavy atom. The molecular weight excluding hydrogens is 323 g/mol. The molecular formula is C16H16F3N3O2. The van der Waals surface area contributed by atoms with Crippen LogP contribution in [0.3, 0.4) is 0 Å². The number of amides is 2. The van der Waals surface area contributed by atoms with Crippen LogP contribution < -0.4 is 5.32 Å². The van der Waals surface area contributed by atoms with Crippen LogP contribution >= 0.6 is 0 Å². The molecule has 0 bridgehead atoms. The van der Waals surface area contributed by atoms with Crippen molar-refractivity contribution in [2.45, 2.75) is 37.9 Å². The average molecular weight is 339 g/mol. The summed E-state index contributed by atoms with van der Waals surface area (Å²) < 4.78 is 38.8. The third-order valence-corrected chi connectivity index (χ3v) is 4.02. The Bertz CT molecular complexity index is 695. The first kappa shape index (κ1) is 17.8. The molecule has 1 N–H and O–H groups in total. The van der Waals surface area contributed by atoms with Crippen molar-refractivity contribution in [2.24, 2.45) is 0 Å². The Morgan fingerprint density at radius 3 is 2.71 bits per heavy atom. The molecule has 0 radical (unpaired) electrons. The standard InChI is InChI=1S/C16H16F3N3O2/c1-22(12-3-2-4-13(23)8-12)15(24)21-11-6-5-10(9-20)14(7-11)16(17,18)19/h5-7,12H,2-4,8H2,1H3,(H,21,24). The molecule has 24 heavy (non-hydrogen) atoms. The Hall–Kier alpha value is -2.56. The maximum Gasteiger partial charge on any atom is 0.417 e. The Labute approximate surface area is 137 Å². The van der Waals surface area contributed by atoms with E-state index in [1.807, 2.05) is 0 Å². The fourth-order valence-corrected chi connectivity index (χ4v) is 2.66. The average Bonchev–Trinajstić information content (AvgIpc) is 2.53. The Kier molecular flexibility index (Phi) is 5.12. The van der Waals surface area contributed by atoms with Crippen LogP contribution in [0.25, 0.3) is 0 Å². The topological polar surface area (TPSA) is 73.2 Å². The van der Waals surface area contributed by atoms with Gasteiger partial charge in [-0.25, -0.2) is 4.79 Å². The SMILES string of the molecule is CN(C(=O)Nc1ccc(C#N)c(C(F)(F)F)c1)C1CCCC(=O)C1. The van der Waals surface area contributed by atoms with Crippen molar-refractivity contribution >= 4 is 17.5 Å². The van der Waals surface area contributed by atoms with Gasteiger partial charge in [-0.3, -0.25) is 4.79 Å². The fraction of sp³-hybridized carbons (Fsp3) is 0.438. The predicted octanol–water partition coefficient (Wildman–Crippen LogP) is 3.55. The maximum atomic E-state index is 12.9. The molecule has 128 valence electrons. The van der Waals surface area contributed by atoms with Gasteiger partial charge in [0.05, 0.1) is 17.2 Å². The highest BCUT2D eigenvalue weighted by atomic mass is 19.4. The number of rotatable bonds is 2. The van der Waals surface area contributed by atoms with Gasteiger partial charge in [-0.05, 0) is 31.0 Å².